The molecule has 0 aliphatic heterocycles. The molecule has 2 aromatic carbocycles. The predicted molar refractivity (Wildman–Crippen MR) is 90.6 cm³/mol. The normalized spacial score (nSPS) is 14.2. The number of hydrogen-bond acceptors (Lipinski definition) is 2. The summed E-state index contributed by atoms with van der Waals surface area (Å²) in [7, 11) is 2.11. The zero-order valence-electron chi connectivity index (χ0n) is 12.6. The zero-order chi connectivity index (χ0) is 14.8. The van der Waals surface area contributed by atoms with Gasteiger partial charge in [0.1, 0.15) is 0 Å². The average Bonchev–Trinajstić information content (AvgIpc) is 3.30. The Morgan fingerprint density at radius 3 is 2.52 bits per heavy atom. The van der Waals surface area contributed by atoms with Gasteiger partial charge in [0.05, 0.1) is 0 Å². The molecule has 0 amide bonds. The summed E-state index contributed by atoms with van der Waals surface area (Å²) in [5.74, 6) is 0. The number of anilines is 2. The molecule has 1 saturated carbocycles. The summed E-state index contributed by atoms with van der Waals surface area (Å²) < 4.78 is 0. The highest BCUT2D eigenvalue weighted by Crippen LogP contribution is 2.33. The van der Waals surface area contributed by atoms with E-state index in [0.29, 0.717) is 6.04 Å². The van der Waals surface area contributed by atoms with E-state index < -0.39 is 0 Å². The van der Waals surface area contributed by atoms with Crippen molar-refractivity contribution in [1.29, 1.82) is 0 Å². The molecule has 0 spiro atoms. The van der Waals surface area contributed by atoms with Crippen molar-refractivity contribution in [2.75, 3.05) is 11.9 Å². The maximum absolute atomic E-state index is 6.44. The summed E-state index contributed by atoms with van der Waals surface area (Å²) in [5, 5.41) is 4.40. The molecule has 110 valence electrons. The van der Waals surface area contributed by atoms with E-state index in [1.807, 2.05) is 12.1 Å². The molecule has 1 N–H and O–H groups in total. The quantitative estimate of drug-likeness (QED) is 0.863. The smallest absolute Gasteiger partial charge is 0.0471 e. The molecule has 2 nitrogen and oxygen atoms in total. The fourth-order valence-electron chi connectivity index (χ4n) is 2.64. The highest BCUT2D eigenvalue weighted by Gasteiger charge is 2.22. The van der Waals surface area contributed by atoms with Crippen molar-refractivity contribution in [3.63, 3.8) is 0 Å². The summed E-state index contributed by atoms with van der Waals surface area (Å²) in [6.07, 6.45) is 2.57. The largest absolute Gasteiger partial charge is 0.344 e. The first-order chi connectivity index (χ1) is 10.2. The van der Waals surface area contributed by atoms with Crippen molar-refractivity contribution in [2.24, 2.45) is 0 Å². The Bertz CT molecular complexity index is 635. The van der Waals surface area contributed by atoms with Crippen LogP contribution in [0.1, 0.15) is 24.0 Å². The lowest BCUT2D eigenvalue weighted by molar-refractivity contribution is 0.687. The third kappa shape index (κ3) is 3.22. The van der Waals surface area contributed by atoms with Gasteiger partial charge in [-0.15, -0.1) is 0 Å². The van der Waals surface area contributed by atoms with Gasteiger partial charge in [0.25, 0.3) is 0 Å². The minimum Gasteiger partial charge on any atom is -0.344 e. The van der Waals surface area contributed by atoms with Gasteiger partial charge in [-0.05, 0) is 43.5 Å². The molecule has 3 heteroatoms. The summed E-state index contributed by atoms with van der Waals surface area (Å²) in [6.45, 7) is 2.97. The molecule has 2 aromatic rings. The molecule has 0 atom stereocenters. The second-order valence-corrected chi connectivity index (χ2v) is 6.15. The first kappa shape index (κ1) is 14.4. The minimum atomic E-state index is 0.679. The van der Waals surface area contributed by atoms with Crippen LogP contribution in [0.2, 0.25) is 5.02 Å². The SMILES string of the molecule is Cc1ccccc1N(C)c1cccc(Cl)c1CNC1CC1. The van der Waals surface area contributed by atoms with E-state index in [4.69, 9.17) is 11.6 Å². The van der Waals surface area contributed by atoms with Crippen LogP contribution in [-0.4, -0.2) is 13.1 Å². The van der Waals surface area contributed by atoms with Gasteiger partial charge >= 0.3 is 0 Å². The summed E-state index contributed by atoms with van der Waals surface area (Å²) in [5.41, 5.74) is 4.83. The Hall–Kier alpha value is -1.51. The summed E-state index contributed by atoms with van der Waals surface area (Å²) in [4.78, 5) is 2.23. The highest BCUT2D eigenvalue weighted by molar-refractivity contribution is 6.31. The molecule has 0 unspecified atom stereocenters. The van der Waals surface area contributed by atoms with Gasteiger partial charge in [0.15, 0.2) is 0 Å². The van der Waals surface area contributed by atoms with E-state index in [-0.39, 0.29) is 0 Å². The molecule has 1 aliphatic carbocycles. The fourth-order valence-corrected chi connectivity index (χ4v) is 2.88. The first-order valence-corrected chi connectivity index (χ1v) is 7.85. The van der Waals surface area contributed by atoms with Crippen molar-refractivity contribution < 1.29 is 0 Å². The lowest BCUT2D eigenvalue weighted by Gasteiger charge is -2.25. The molecule has 0 heterocycles. The highest BCUT2D eigenvalue weighted by atomic mass is 35.5. The maximum Gasteiger partial charge on any atom is 0.0471 e. The van der Waals surface area contributed by atoms with Crippen LogP contribution >= 0.6 is 11.6 Å². The van der Waals surface area contributed by atoms with Gasteiger partial charge < -0.3 is 10.2 Å². The van der Waals surface area contributed by atoms with Crippen LogP contribution in [-0.2, 0) is 6.54 Å². The Morgan fingerprint density at radius 1 is 1.10 bits per heavy atom. The third-order valence-electron chi connectivity index (χ3n) is 4.08. The van der Waals surface area contributed by atoms with Crippen LogP contribution in [0.5, 0.6) is 0 Å². The van der Waals surface area contributed by atoms with E-state index in [9.17, 15) is 0 Å². The summed E-state index contributed by atoms with van der Waals surface area (Å²) in [6, 6.07) is 15.2. The second-order valence-electron chi connectivity index (χ2n) is 5.74. The van der Waals surface area contributed by atoms with Gasteiger partial charge in [-0.25, -0.2) is 0 Å². The number of rotatable bonds is 5. The Morgan fingerprint density at radius 2 is 1.81 bits per heavy atom. The van der Waals surface area contributed by atoms with Gasteiger partial charge in [0, 0.05) is 41.6 Å². The van der Waals surface area contributed by atoms with Gasteiger partial charge in [-0.3, -0.25) is 0 Å². The zero-order valence-corrected chi connectivity index (χ0v) is 13.3. The van der Waals surface area contributed by atoms with Crippen LogP contribution in [0, 0.1) is 6.92 Å². The lowest BCUT2D eigenvalue weighted by Crippen LogP contribution is -2.19. The minimum absolute atomic E-state index is 0.679. The van der Waals surface area contributed by atoms with Crippen LogP contribution in [0.4, 0.5) is 11.4 Å². The number of benzene rings is 2. The van der Waals surface area contributed by atoms with E-state index >= 15 is 0 Å². The number of halogens is 1. The molecule has 1 aliphatic rings. The number of nitrogens with zero attached hydrogens (tertiary/aromatic N) is 1. The van der Waals surface area contributed by atoms with Crippen molar-refractivity contribution in [1.82, 2.24) is 5.32 Å². The van der Waals surface area contributed by atoms with Crippen LogP contribution < -0.4 is 10.2 Å². The first-order valence-electron chi connectivity index (χ1n) is 7.47. The van der Waals surface area contributed by atoms with Crippen LogP contribution in [0.15, 0.2) is 42.5 Å². The van der Waals surface area contributed by atoms with Crippen molar-refractivity contribution in [3.8, 4) is 0 Å². The number of aryl methyl sites for hydroxylation is 1. The standard InChI is InChI=1S/C18H21ClN2/c1-13-6-3-4-8-17(13)21(2)18-9-5-7-16(19)15(18)12-20-14-10-11-14/h3-9,14,20H,10-12H2,1-2H3. The Balaban J connectivity index is 1.93. The van der Waals surface area contributed by atoms with Crippen LogP contribution in [0.3, 0.4) is 0 Å². The Kier molecular flexibility index (Phi) is 4.18. The van der Waals surface area contributed by atoms with E-state index in [0.717, 1.165) is 11.6 Å². The average molecular weight is 301 g/mol. The third-order valence-corrected chi connectivity index (χ3v) is 4.43. The molecule has 0 radical (unpaired) electrons. The van der Waals surface area contributed by atoms with Crippen LogP contribution in [0.25, 0.3) is 0 Å². The van der Waals surface area contributed by atoms with E-state index in [2.05, 4.69) is 54.5 Å². The number of hydrogen-bond donors (Lipinski definition) is 1. The summed E-state index contributed by atoms with van der Waals surface area (Å²) >= 11 is 6.44. The van der Waals surface area contributed by atoms with Gasteiger partial charge in [-0.1, -0.05) is 35.9 Å². The molecular formula is C18H21ClN2. The molecule has 0 saturated heterocycles. The fraction of sp³-hybridized carbons (Fsp3) is 0.333. The molecule has 3 rings (SSSR count). The van der Waals surface area contributed by atoms with Crippen molar-refractivity contribution in [3.05, 3.63) is 58.6 Å². The number of para-hydroxylation sites is 1. The number of nitrogens with one attached hydrogen (secondary N) is 1. The second kappa shape index (κ2) is 6.08. The maximum atomic E-state index is 6.44. The topological polar surface area (TPSA) is 15.3 Å². The van der Waals surface area contributed by atoms with Gasteiger partial charge in [0.2, 0.25) is 0 Å². The van der Waals surface area contributed by atoms with E-state index in [1.54, 1.807) is 0 Å². The predicted octanol–water partition coefficient (Wildman–Crippen LogP) is 4.67. The molecular weight excluding hydrogens is 280 g/mol. The molecule has 0 aromatic heterocycles. The van der Waals surface area contributed by atoms with Crippen molar-refractivity contribution in [2.45, 2.75) is 32.4 Å². The molecule has 0 bridgehead atoms. The lowest BCUT2D eigenvalue weighted by atomic mass is 10.1. The molecule has 1 fully saturated rings. The van der Waals surface area contributed by atoms with Crippen molar-refractivity contribution >= 4 is 23.0 Å². The Labute approximate surface area is 131 Å². The molecule has 21 heavy (non-hydrogen) atoms. The van der Waals surface area contributed by atoms with E-state index in [1.165, 1.54) is 35.3 Å². The monoisotopic (exact) mass is 300 g/mol. The van der Waals surface area contributed by atoms with Gasteiger partial charge in [-0.2, -0.15) is 0 Å².